The van der Waals surface area contributed by atoms with Crippen LogP contribution >= 0.6 is 0 Å². The monoisotopic (exact) mass is 212 g/mol. The minimum Gasteiger partial charge on any atom is -0.378 e. The fraction of sp³-hybridized carbons (Fsp3) is 0.556. The molecule has 6 nitrogen and oxygen atoms in total. The molecule has 0 fully saturated rings. The first kappa shape index (κ1) is 11.7. The zero-order valence-electron chi connectivity index (χ0n) is 8.77. The molecule has 0 aliphatic carbocycles. The molecule has 0 atom stereocenters. The third kappa shape index (κ3) is 3.69. The maximum absolute atomic E-state index is 11.5. The minimum absolute atomic E-state index is 0.147. The van der Waals surface area contributed by atoms with Gasteiger partial charge in [0.1, 0.15) is 5.69 Å². The molecule has 1 aromatic heterocycles. The second-order valence-corrected chi connectivity index (χ2v) is 3.05. The number of hydrogen-bond acceptors (Lipinski definition) is 4. The van der Waals surface area contributed by atoms with Crippen molar-refractivity contribution in [3.05, 3.63) is 18.2 Å². The molecule has 0 saturated carbocycles. The molecule has 0 spiro atoms. The zero-order valence-corrected chi connectivity index (χ0v) is 8.77. The molecule has 3 N–H and O–H groups in total. The van der Waals surface area contributed by atoms with Crippen LogP contribution in [0.3, 0.4) is 0 Å². The lowest BCUT2D eigenvalue weighted by Crippen LogP contribution is -2.29. The van der Waals surface area contributed by atoms with Gasteiger partial charge >= 0.3 is 0 Å². The first-order valence-electron chi connectivity index (χ1n) is 4.78. The summed E-state index contributed by atoms with van der Waals surface area (Å²) in [6.07, 6.45) is 3.11. The molecule has 0 radical (unpaired) electrons. The molecule has 84 valence electrons. The molecule has 0 aliphatic heterocycles. The summed E-state index contributed by atoms with van der Waals surface area (Å²) in [5.74, 6) is -0.147. The topological polar surface area (TPSA) is 82.2 Å². The van der Waals surface area contributed by atoms with E-state index in [-0.39, 0.29) is 5.91 Å². The largest absolute Gasteiger partial charge is 0.378 e. The van der Waals surface area contributed by atoms with Crippen LogP contribution in [-0.2, 0) is 11.8 Å². The molecule has 0 saturated heterocycles. The smallest absolute Gasteiger partial charge is 0.269 e. The summed E-state index contributed by atoms with van der Waals surface area (Å²) in [7, 11) is 1.77. The normalized spacial score (nSPS) is 10.3. The van der Waals surface area contributed by atoms with Crippen molar-refractivity contribution in [3.8, 4) is 0 Å². The second kappa shape index (κ2) is 6.15. The van der Waals surface area contributed by atoms with E-state index in [1.165, 1.54) is 6.20 Å². The quantitative estimate of drug-likeness (QED) is 0.600. The summed E-state index contributed by atoms with van der Waals surface area (Å²) in [5.41, 5.74) is 5.78. The van der Waals surface area contributed by atoms with Crippen molar-refractivity contribution >= 4 is 5.91 Å². The van der Waals surface area contributed by atoms with Crippen LogP contribution < -0.4 is 11.1 Å². The van der Waals surface area contributed by atoms with E-state index in [0.717, 1.165) is 0 Å². The number of nitrogens with one attached hydrogen (secondary N) is 1. The Morgan fingerprint density at radius 3 is 3.07 bits per heavy atom. The van der Waals surface area contributed by atoms with Crippen molar-refractivity contribution in [1.29, 1.82) is 0 Å². The zero-order chi connectivity index (χ0) is 11.1. The van der Waals surface area contributed by atoms with Crippen LogP contribution in [0.25, 0.3) is 0 Å². The molecule has 0 aliphatic rings. The lowest BCUT2D eigenvalue weighted by atomic mass is 10.4. The number of imidazole rings is 1. The van der Waals surface area contributed by atoms with Gasteiger partial charge in [-0.15, -0.1) is 0 Å². The van der Waals surface area contributed by atoms with Crippen LogP contribution in [0.1, 0.15) is 10.5 Å². The highest BCUT2D eigenvalue weighted by atomic mass is 16.5. The van der Waals surface area contributed by atoms with E-state index >= 15 is 0 Å². The third-order valence-corrected chi connectivity index (χ3v) is 1.84. The van der Waals surface area contributed by atoms with E-state index in [0.29, 0.717) is 32.0 Å². The van der Waals surface area contributed by atoms with Crippen LogP contribution in [0.15, 0.2) is 12.5 Å². The van der Waals surface area contributed by atoms with Gasteiger partial charge < -0.3 is 20.4 Å². The summed E-state index contributed by atoms with van der Waals surface area (Å²) < 4.78 is 6.78. The molecule has 1 heterocycles. The average molecular weight is 212 g/mol. The van der Waals surface area contributed by atoms with Crippen LogP contribution in [0.5, 0.6) is 0 Å². The number of hydrogen-bond donors (Lipinski definition) is 2. The molecule has 0 bridgehead atoms. The van der Waals surface area contributed by atoms with Crippen LogP contribution in [0.4, 0.5) is 0 Å². The van der Waals surface area contributed by atoms with Gasteiger partial charge in [0.05, 0.1) is 25.7 Å². The van der Waals surface area contributed by atoms with Crippen molar-refractivity contribution in [2.75, 3.05) is 26.3 Å². The standard InChI is InChI=1S/C9H16N4O2/c1-13-7-11-6-8(13)9(14)12-3-5-15-4-2-10/h6-7H,2-5,10H2,1H3,(H,12,14). The van der Waals surface area contributed by atoms with Crippen molar-refractivity contribution < 1.29 is 9.53 Å². The number of nitrogens with two attached hydrogens (primary N) is 1. The fourth-order valence-corrected chi connectivity index (χ4v) is 1.09. The van der Waals surface area contributed by atoms with Crippen LogP contribution in [-0.4, -0.2) is 41.8 Å². The Hall–Kier alpha value is -1.40. The molecule has 0 unspecified atom stereocenters. The van der Waals surface area contributed by atoms with E-state index in [1.54, 1.807) is 17.9 Å². The van der Waals surface area contributed by atoms with Gasteiger partial charge in [-0.1, -0.05) is 0 Å². The van der Waals surface area contributed by atoms with Gasteiger partial charge in [-0.3, -0.25) is 4.79 Å². The molecule has 1 amide bonds. The average Bonchev–Trinajstić information content (AvgIpc) is 2.64. The first-order chi connectivity index (χ1) is 7.25. The van der Waals surface area contributed by atoms with Crippen molar-refractivity contribution in [1.82, 2.24) is 14.9 Å². The molecular formula is C9H16N4O2. The number of aryl methyl sites for hydroxylation is 1. The number of carbonyl (C=O) groups excluding carboxylic acids is 1. The summed E-state index contributed by atoms with van der Waals surface area (Å²) in [6, 6.07) is 0. The number of ether oxygens (including phenoxy) is 1. The van der Waals surface area contributed by atoms with E-state index in [2.05, 4.69) is 10.3 Å². The Morgan fingerprint density at radius 1 is 1.67 bits per heavy atom. The number of rotatable bonds is 6. The summed E-state index contributed by atoms with van der Waals surface area (Å²) in [6.45, 7) is 1.96. The maximum Gasteiger partial charge on any atom is 0.269 e. The summed E-state index contributed by atoms with van der Waals surface area (Å²) >= 11 is 0. The highest BCUT2D eigenvalue weighted by Gasteiger charge is 2.07. The van der Waals surface area contributed by atoms with Crippen molar-refractivity contribution in [3.63, 3.8) is 0 Å². The Balaban J connectivity index is 2.22. The van der Waals surface area contributed by atoms with Gasteiger partial charge in [0.2, 0.25) is 0 Å². The van der Waals surface area contributed by atoms with E-state index < -0.39 is 0 Å². The highest BCUT2D eigenvalue weighted by Crippen LogP contribution is 1.94. The predicted molar refractivity (Wildman–Crippen MR) is 55.4 cm³/mol. The van der Waals surface area contributed by atoms with Crippen molar-refractivity contribution in [2.24, 2.45) is 12.8 Å². The molecule has 15 heavy (non-hydrogen) atoms. The van der Waals surface area contributed by atoms with Gasteiger partial charge in [-0.05, 0) is 0 Å². The Kier molecular flexibility index (Phi) is 4.79. The van der Waals surface area contributed by atoms with E-state index in [9.17, 15) is 4.79 Å². The van der Waals surface area contributed by atoms with Crippen LogP contribution in [0.2, 0.25) is 0 Å². The molecule has 1 aromatic rings. The molecule has 1 rings (SSSR count). The van der Waals surface area contributed by atoms with Gasteiger partial charge in [0, 0.05) is 20.1 Å². The van der Waals surface area contributed by atoms with Gasteiger partial charge in [0.15, 0.2) is 0 Å². The number of nitrogens with zero attached hydrogens (tertiary/aromatic N) is 2. The number of aromatic nitrogens is 2. The van der Waals surface area contributed by atoms with Crippen molar-refractivity contribution in [2.45, 2.75) is 0 Å². The fourth-order valence-electron chi connectivity index (χ4n) is 1.09. The minimum atomic E-state index is -0.147. The van der Waals surface area contributed by atoms with Gasteiger partial charge in [-0.25, -0.2) is 4.98 Å². The molecular weight excluding hydrogens is 196 g/mol. The van der Waals surface area contributed by atoms with Gasteiger partial charge in [0.25, 0.3) is 5.91 Å². The molecule has 0 aromatic carbocycles. The third-order valence-electron chi connectivity index (χ3n) is 1.84. The van der Waals surface area contributed by atoms with E-state index in [4.69, 9.17) is 10.5 Å². The first-order valence-corrected chi connectivity index (χ1v) is 4.78. The predicted octanol–water partition coefficient (Wildman–Crippen LogP) is -0.875. The molecule has 6 heteroatoms. The Bertz CT molecular complexity index is 311. The van der Waals surface area contributed by atoms with Crippen LogP contribution in [0, 0.1) is 0 Å². The number of amides is 1. The Morgan fingerprint density at radius 2 is 2.47 bits per heavy atom. The maximum atomic E-state index is 11.5. The summed E-state index contributed by atoms with van der Waals surface area (Å²) in [4.78, 5) is 15.4. The summed E-state index contributed by atoms with van der Waals surface area (Å²) in [5, 5.41) is 2.72. The highest BCUT2D eigenvalue weighted by molar-refractivity contribution is 5.92. The second-order valence-electron chi connectivity index (χ2n) is 3.05. The van der Waals surface area contributed by atoms with E-state index in [1.807, 2.05) is 0 Å². The SMILES string of the molecule is Cn1cncc1C(=O)NCCOCCN. The lowest BCUT2D eigenvalue weighted by molar-refractivity contribution is 0.0912. The number of carbonyl (C=O) groups is 1. The van der Waals surface area contributed by atoms with Gasteiger partial charge in [-0.2, -0.15) is 0 Å². The lowest BCUT2D eigenvalue weighted by Gasteiger charge is -2.05. The Labute approximate surface area is 88.4 Å².